The summed E-state index contributed by atoms with van der Waals surface area (Å²) in [6.45, 7) is 2.69. The molecule has 0 aliphatic rings. The van der Waals surface area contributed by atoms with E-state index in [2.05, 4.69) is 15.5 Å². The summed E-state index contributed by atoms with van der Waals surface area (Å²) in [6, 6.07) is 0. The van der Waals surface area contributed by atoms with E-state index in [4.69, 9.17) is 4.52 Å². The van der Waals surface area contributed by atoms with Gasteiger partial charge in [0, 0.05) is 13.0 Å². The van der Waals surface area contributed by atoms with Crippen molar-refractivity contribution in [3.8, 4) is 0 Å². The maximum absolute atomic E-state index is 4.87. The number of hydrogen-bond donors (Lipinski definition) is 1. The van der Waals surface area contributed by atoms with Crippen LogP contribution in [0.2, 0.25) is 0 Å². The summed E-state index contributed by atoms with van der Waals surface area (Å²) < 4.78 is 4.87. The molecule has 1 aromatic heterocycles. The lowest BCUT2D eigenvalue weighted by Gasteiger charge is -1.90. The van der Waals surface area contributed by atoms with Gasteiger partial charge in [0.05, 0.1) is 0 Å². The Labute approximate surface area is 59.6 Å². The van der Waals surface area contributed by atoms with Gasteiger partial charge in [-0.2, -0.15) is 4.98 Å². The Hall–Kier alpha value is -0.900. The first kappa shape index (κ1) is 7.21. The highest BCUT2D eigenvalue weighted by Gasteiger charge is 1.99. The highest BCUT2D eigenvalue weighted by molar-refractivity contribution is 4.82. The van der Waals surface area contributed by atoms with E-state index in [0.29, 0.717) is 11.7 Å². The van der Waals surface area contributed by atoms with Gasteiger partial charge >= 0.3 is 0 Å². The Morgan fingerprint density at radius 1 is 1.60 bits per heavy atom. The molecule has 1 heterocycles. The number of likely N-dealkylation sites (N-methyl/N-ethyl adjacent to an activating group) is 1. The smallest absolute Gasteiger partial charge is 0.227 e. The van der Waals surface area contributed by atoms with Gasteiger partial charge in [-0.3, -0.25) is 0 Å². The molecular formula is C6H11N3O. The zero-order chi connectivity index (χ0) is 7.40. The number of rotatable bonds is 3. The van der Waals surface area contributed by atoms with Crippen molar-refractivity contribution >= 4 is 0 Å². The molecule has 4 heteroatoms. The van der Waals surface area contributed by atoms with Crippen molar-refractivity contribution in [2.45, 2.75) is 13.3 Å². The molecule has 1 N–H and O–H groups in total. The highest BCUT2D eigenvalue weighted by Crippen LogP contribution is 1.94. The fourth-order valence-corrected chi connectivity index (χ4v) is 0.674. The zero-order valence-electron chi connectivity index (χ0n) is 6.22. The largest absolute Gasteiger partial charge is 0.339 e. The normalized spacial score (nSPS) is 10.2. The van der Waals surface area contributed by atoms with E-state index >= 15 is 0 Å². The molecule has 0 unspecified atom stereocenters. The van der Waals surface area contributed by atoms with Crippen molar-refractivity contribution in [1.82, 2.24) is 15.5 Å². The molecule has 0 radical (unpaired) electrons. The third-order valence-electron chi connectivity index (χ3n) is 1.16. The molecule has 0 atom stereocenters. The number of hydrogen-bond acceptors (Lipinski definition) is 4. The van der Waals surface area contributed by atoms with E-state index in [9.17, 15) is 0 Å². The standard InChI is InChI=1S/C6H11N3O/c1-5-8-6(10-9-5)3-4-7-2/h7H,3-4H2,1-2H3. The van der Waals surface area contributed by atoms with Crippen LogP contribution in [0.4, 0.5) is 0 Å². The fourth-order valence-electron chi connectivity index (χ4n) is 0.674. The van der Waals surface area contributed by atoms with Crippen LogP contribution in [0.15, 0.2) is 4.52 Å². The Kier molecular flexibility index (Phi) is 2.39. The minimum atomic E-state index is 0.700. The van der Waals surface area contributed by atoms with E-state index in [1.165, 1.54) is 0 Å². The fraction of sp³-hybridized carbons (Fsp3) is 0.667. The van der Waals surface area contributed by atoms with Gasteiger partial charge in [-0.25, -0.2) is 0 Å². The summed E-state index contributed by atoms with van der Waals surface area (Å²) in [6.07, 6.45) is 0.803. The first-order chi connectivity index (χ1) is 4.83. The molecule has 0 spiro atoms. The van der Waals surface area contributed by atoms with Crippen molar-refractivity contribution < 1.29 is 4.52 Å². The van der Waals surface area contributed by atoms with Gasteiger partial charge in [-0.1, -0.05) is 5.16 Å². The molecule has 4 nitrogen and oxygen atoms in total. The van der Waals surface area contributed by atoms with Crippen LogP contribution in [0.5, 0.6) is 0 Å². The SMILES string of the molecule is CNCCc1nc(C)no1. The molecule has 0 saturated carbocycles. The van der Waals surface area contributed by atoms with Crippen LogP contribution in [0.25, 0.3) is 0 Å². The first-order valence-electron chi connectivity index (χ1n) is 3.26. The lowest BCUT2D eigenvalue weighted by atomic mass is 10.4. The van der Waals surface area contributed by atoms with Crippen LogP contribution < -0.4 is 5.32 Å². The molecular weight excluding hydrogens is 130 g/mol. The van der Waals surface area contributed by atoms with Gasteiger partial charge in [-0.15, -0.1) is 0 Å². The Balaban J connectivity index is 2.42. The Bertz CT molecular complexity index is 197. The molecule has 0 aliphatic carbocycles. The second-order valence-corrected chi connectivity index (χ2v) is 2.09. The third-order valence-corrected chi connectivity index (χ3v) is 1.16. The summed E-state index contributed by atoms with van der Waals surface area (Å²) >= 11 is 0. The van der Waals surface area contributed by atoms with Gasteiger partial charge in [0.25, 0.3) is 0 Å². The summed E-state index contributed by atoms with van der Waals surface area (Å²) in [5, 5.41) is 6.65. The summed E-state index contributed by atoms with van der Waals surface area (Å²) in [5.41, 5.74) is 0. The summed E-state index contributed by atoms with van der Waals surface area (Å²) in [4.78, 5) is 4.03. The molecule has 0 bridgehead atoms. The van der Waals surface area contributed by atoms with E-state index < -0.39 is 0 Å². The number of aryl methyl sites for hydroxylation is 1. The average molecular weight is 141 g/mol. The Morgan fingerprint density at radius 2 is 2.40 bits per heavy atom. The first-order valence-corrected chi connectivity index (χ1v) is 3.26. The van der Waals surface area contributed by atoms with Crippen LogP contribution >= 0.6 is 0 Å². The zero-order valence-corrected chi connectivity index (χ0v) is 6.22. The van der Waals surface area contributed by atoms with Gasteiger partial charge in [0.15, 0.2) is 5.82 Å². The second-order valence-electron chi connectivity index (χ2n) is 2.09. The van der Waals surface area contributed by atoms with E-state index in [-0.39, 0.29) is 0 Å². The quantitative estimate of drug-likeness (QED) is 0.650. The Morgan fingerprint density at radius 3 is 2.90 bits per heavy atom. The van der Waals surface area contributed by atoms with Crippen molar-refractivity contribution in [3.63, 3.8) is 0 Å². The minimum absolute atomic E-state index is 0.700. The number of aromatic nitrogens is 2. The topological polar surface area (TPSA) is 51.0 Å². The molecule has 56 valence electrons. The monoisotopic (exact) mass is 141 g/mol. The van der Waals surface area contributed by atoms with Crippen molar-refractivity contribution in [3.05, 3.63) is 11.7 Å². The van der Waals surface area contributed by atoms with Crippen molar-refractivity contribution in [2.75, 3.05) is 13.6 Å². The maximum Gasteiger partial charge on any atom is 0.227 e. The molecule has 1 rings (SSSR count). The van der Waals surface area contributed by atoms with Crippen molar-refractivity contribution in [1.29, 1.82) is 0 Å². The third kappa shape index (κ3) is 1.80. The van der Waals surface area contributed by atoms with Gasteiger partial charge in [-0.05, 0) is 14.0 Å². The maximum atomic E-state index is 4.87. The van der Waals surface area contributed by atoms with Crippen LogP contribution in [0.1, 0.15) is 11.7 Å². The van der Waals surface area contributed by atoms with E-state index in [0.717, 1.165) is 13.0 Å². The molecule has 0 fully saturated rings. The van der Waals surface area contributed by atoms with E-state index in [1.54, 1.807) is 0 Å². The second kappa shape index (κ2) is 3.31. The lowest BCUT2D eigenvalue weighted by molar-refractivity contribution is 0.373. The van der Waals surface area contributed by atoms with Crippen LogP contribution in [0, 0.1) is 6.92 Å². The molecule has 0 amide bonds. The van der Waals surface area contributed by atoms with Gasteiger partial charge in [0.2, 0.25) is 5.89 Å². The van der Waals surface area contributed by atoms with Crippen LogP contribution in [-0.2, 0) is 6.42 Å². The molecule has 0 aliphatic heterocycles. The molecule has 0 aromatic carbocycles. The predicted molar refractivity (Wildman–Crippen MR) is 36.7 cm³/mol. The average Bonchev–Trinajstić information content (AvgIpc) is 2.31. The summed E-state index contributed by atoms with van der Waals surface area (Å²) in [7, 11) is 1.89. The van der Waals surface area contributed by atoms with Crippen LogP contribution in [0.3, 0.4) is 0 Å². The summed E-state index contributed by atoms with van der Waals surface area (Å²) in [5.74, 6) is 1.40. The van der Waals surface area contributed by atoms with E-state index in [1.807, 2.05) is 14.0 Å². The molecule has 1 aromatic rings. The molecule has 0 saturated heterocycles. The molecule has 10 heavy (non-hydrogen) atoms. The van der Waals surface area contributed by atoms with Crippen LogP contribution in [-0.4, -0.2) is 23.7 Å². The number of nitrogens with one attached hydrogen (secondary N) is 1. The minimum Gasteiger partial charge on any atom is -0.339 e. The lowest BCUT2D eigenvalue weighted by Crippen LogP contribution is -2.10. The highest BCUT2D eigenvalue weighted by atomic mass is 16.5. The predicted octanol–water partition coefficient (Wildman–Crippen LogP) is 0.140. The van der Waals surface area contributed by atoms with Gasteiger partial charge < -0.3 is 9.84 Å². The van der Waals surface area contributed by atoms with Crippen molar-refractivity contribution in [2.24, 2.45) is 0 Å². The number of nitrogens with zero attached hydrogens (tertiary/aromatic N) is 2. The van der Waals surface area contributed by atoms with Gasteiger partial charge in [0.1, 0.15) is 0 Å².